The van der Waals surface area contributed by atoms with E-state index in [0.29, 0.717) is 18.6 Å². The molecule has 2 aliphatic heterocycles. The van der Waals surface area contributed by atoms with Crippen molar-refractivity contribution in [2.24, 2.45) is 0 Å². The van der Waals surface area contributed by atoms with Crippen LogP contribution in [0.15, 0.2) is 24.3 Å². The Labute approximate surface area is 123 Å². The first-order valence-corrected chi connectivity index (χ1v) is 7.67. The lowest BCUT2D eigenvalue weighted by Gasteiger charge is -2.32. The van der Waals surface area contributed by atoms with Crippen molar-refractivity contribution < 1.29 is 13.2 Å². The summed E-state index contributed by atoms with van der Waals surface area (Å²) in [5, 5.41) is 3.53. The maximum Gasteiger partial charge on any atom is 0.416 e. The summed E-state index contributed by atoms with van der Waals surface area (Å²) in [7, 11) is 0. The maximum atomic E-state index is 12.5. The lowest BCUT2D eigenvalue weighted by atomic mass is 9.99. The molecule has 21 heavy (non-hydrogen) atoms. The zero-order valence-electron chi connectivity index (χ0n) is 12.0. The van der Waals surface area contributed by atoms with Gasteiger partial charge in [0.15, 0.2) is 0 Å². The SMILES string of the molecule is FC(F)(F)c1ccc(CNC2CCN3CCCCC23)cc1. The van der Waals surface area contributed by atoms with Gasteiger partial charge < -0.3 is 5.32 Å². The van der Waals surface area contributed by atoms with Gasteiger partial charge in [-0.2, -0.15) is 13.2 Å². The van der Waals surface area contributed by atoms with Gasteiger partial charge in [0.2, 0.25) is 0 Å². The molecule has 1 aromatic carbocycles. The minimum atomic E-state index is -4.25. The fourth-order valence-corrected chi connectivity index (χ4v) is 3.55. The minimum Gasteiger partial charge on any atom is -0.308 e. The van der Waals surface area contributed by atoms with E-state index in [9.17, 15) is 13.2 Å². The molecule has 1 aromatic rings. The number of benzene rings is 1. The largest absolute Gasteiger partial charge is 0.416 e. The molecule has 0 spiro atoms. The summed E-state index contributed by atoms with van der Waals surface area (Å²) in [6.07, 6.45) is 0.720. The number of hydrogen-bond acceptors (Lipinski definition) is 2. The van der Waals surface area contributed by atoms with E-state index < -0.39 is 11.7 Å². The van der Waals surface area contributed by atoms with Crippen LogP contribution in [0.2, 0.25) is 0 Å². The van der Waals surface area contributed by atoms with E-state index in [2.05, 4.69) is 10.2 Å². The van der Waals surface area contributed by atoms with E-state index in [4.69, 9.17) is 0 Å². The Kier molecular flexibility index (Phi) is 4.22. The molecule has 2 fully saturated rings. The minimum absolute atomic E-state index is 0.479. The van der Waals surface area contributed by atoms with Crippen molar-refractivity contribution in [2.75, 3.05) is 13.1 Å². The Morgan fingerprint density at radius 2 is 1.81 bits per heavy atom. The molecule has 2 atom stereocenters. The second-order valence-corrected chi connectivity index (χ2v) is 6.07. The zero-order valence-corrected chi connectivity index (χ0v) is 12.0. The third-order valence-electron chi connectivity index (χ3n) is 4.71. The molecule has 0 aromatic heterocycles. The fraction of sp³-hybridized carbons (Fsp3) is 0.625. The van der Waals surface area contributed by atoms with Gasteiger partial charge in [-0.3, -0.25) is 4.90 Å². The molecular weight excluding hydrogens is 277 g/mol. The van der Waals surface area contributed by atoms with Gasteiger partial charge in [0.25, 0.3) is 0 Å². The average Bonchev–Trinajstić information content (AvgIpc) is 2.88. The lowest BCUT2D eigenvalue weighted by molar-refractivity contribution is -0.137. The summed E-state index contributed by atoms with van der Waals surface area (Å²) in [5.74, 6) is 0. The van der Waals surface area contributed by atoms with Gasteiger partial charge in [-0.1, -0.05) is 18.6 Å². The number of fused-ring (bicyclic) bond motifs is 1. The van der Waals surface area contributed by atoms with Crippen LogP contribution in [0, 0.1) is 0 Å². The molecule has 0 amide bonds. The molecule has 2 heterocycles. The van der Waals surface area contributed by atoms with Crippen LogP contribution in [0.5, 0.6) is 0 Å². The van der Waals surface area contributed by atoms with Crippen molar-refractivity contribution in [3.05, 3.63) is 35.4 Å². The summed E-state index contributed by atoms with van der Waals surface area (Å²) in [6.45, 7) is 2.99. The monoisotopic (exact) mass is 298 g/mol. The molecule has 0 radical (unpaired) electrons. The van der Waals surface area contributed by atoms with Crippen molar-refractivity contribution in [1.29, 1.82) is 0 Å². The van der Waals surface area contributed by atoms with Crippen LogP contribution in [0.3, 0.4) is 0 Å². The van der Waals surface area contributed by atoms with Crippen LogP contribution >= 0.6 is 0 Å². The van der Waals surface area contributed by atoms with Crippen LogP contribution in [0.25, 0.3) is 0 Å². The Hall–Kier alpha value is -1.07. The number of piperidine rings is 1. The topological polar surface area (TPSA) is 15.3 Å². The van der Waals surface area contributed by atoms with Crippen LogP contribution in [0.1, 0.15) is 36.8 Å². The van der Waals surface area contributed by atoms with Gasteiger partial charge in [-0.15, -0.1) is 0 Å². The second kappa shape index (κ2) is 5.97. The number of alkyl halides is 3. The predicted molar refractivity (Wildman–Crippen MR) is 75.9 cm³/mol. The third-order valence-corrected chi connectivity index (χ3v) is 4.71. The summed E-state index contributed by atoms with van der Waals surface area (Å²) in [4.78, 5) is 2.55. The van der Waals surface area contributed by atoms with E-state index in [1.807, 2.05) is 0 Å². The van der Waals surface area contributed by atoms with Gasteiger partial charge in [0.05, 0.1) is 5.56 Å². The van der Waals surface area contributed by atoms with Crippen LogP contribution in [0.4, 0.5) is 13.2 Å². The molecule has 0 aliphatic carbocycles. The Morgan fingerprint density at radius 1 is 1.05 bits per heavy atom. The Balaban J connectivity index is 1.55. The van der Waals surface area contributed by atoms with Gasteiger partial charge in [0.1, 0.15) is 0 Å². The van der Waals surface area contributed by atoms with Gasteiger partial charge >= 0.3 is 6.18 Å². The predicted octanol–water partition coefficient (Wildman–Crippen LogP) is 3.42. The highest BCUT2D eigenvalue weighted by Crippen LogP contribution is 2.29. The molecule has 0 saturated carbocycles. The van der Waals surface area contributed by atoms with Crippen molar-refractivity contribution in [1.82, 2.24) is 10.2 Å². The molecule has 116 valence electrons. The number of hydrogen-bond donors (Lipinski definition) is 1. The fourth-order valence-electron chi connectivity index (χ4n) is 3.55. The van der Waals surface area contributed by atoms with Crippen molar-refractivity contribution in [3.63, 3.8) is 0 Å². The van der Waals surface area contributed by atoms with E-state index in [-0.39, 0.29) is 0 Å². The van der Waals surface area contributed by atoms with Crippen molar-refractivity contribution in [2.45, 2.75) is 50.5 Å². The van der Waals surface area contributed by atoms with E-state index in [0.717, 1.165) is 18.5 Å². The quantitative estimate of drug-likeness (QED) is 0.920. The first-order valence-electron chi connectivity index (χ1n) is 7.67. The van der Waals surface area contributed by atoms with E-state index in [1.54, 1.807) is 12.1 Å². The van der Waals surface area contributed by atoms with E-state index >= 15 is 0 Å². The summed E-state index contributed by atoms with van der Waals surface area (Å²) >= 11 is 0. The van der Waals surface area contributed by atoms with Crippen molar-refractivity contribution in [3.8, 4) is 0 Å². The number of nitrogens with one attached hydrogen (secondary N) is 1. The number of nitrogens with zero attached hydrogens (tertiary/aromatic N) is 1. The molecule has 3 rings (SSSR count). The first-order chi connectivity index (χ1) is 10.0. The third kappa shape index (κ3) is 3.40. The second-order valence-electron chi connectivity index (χ2n) is 6.07. The average molecular weight is 298 g/mol. The molecule has 2 unspecified atom stereocenters. The highest BCUT2D eigenvalue weighted by Gasteiger charge is 2.35. The molecule has 2 saturated heterocycles. The molecule has 1 N–H and O–H groups in total. The van der Waals surface area contributed by atoms with Crippen LogP contribution in [-0.4, -0.2) is 30.1 Å². The smallest absolute Gasteiger partial charge is 0.308 e. The van der Waals surface area contributed by atoms with Crippen molar-refractivity contribution >= 4 is 0 Å². The summed E-state index contributed by atoms with van der Waals surface area (Å²) < 4.78 is 37.5. The maximum absolute atomic E-state index is 12.5. The number of rotatable bonds is 3. The summed E-state index contributed by atoms with van der Waals surface area (Å²) in [5.41, 5.74) is 0.336. The highest BCUT2D eigenvalue weighted by atomic mass is 19.4. The highest BCUT2D eigenvalue weighted by molar-refractivity contribution is 5.24. The zero-order chi connectivity index (χ0) is 14.9. The molecule has 0 bridgehead atoms. The normalized spacial score (nSPS) is 26.8. The van der Waals surface area contributed by atoms with Gasteiger partial charge in [-0.25, -0.2) is 0 Å². The standard InChI is InChI=1S/C16H21F3N2/c17-16(18,19)13-6-4-12(5-7-13)11-20-14-8-10-21-9-2-1-3-15(14)21/h4-7,14-15,20H,1-3,8-11H2. The lowest BCUT2D eigenvalue weighted by Crippen LogP contribution is -2.44. The first kappa shape index (κ1) is 14.9. The Bertz CT molecular complexity index is 469. The Morgan fingerprint density at radius 3 is 2.52 bits per heavy atom. The van der Waals surface area contributed by atoms with E-state index in [1.165, 1.54) is 37.9 Å². The van der Waals surface area contributed by atoms with Crippen LogP contribution in [-0.2, 0) is 12.7 Å². The van der Waals surface area contributed by atoms with Crippen LogP contribution < -0.4 is 5.32 Å². The van der Waals surface area contributed by atoms with Gasteiger partial charge in [-0.05, 0) is 43.5 Å². The molecular formula is C16H21F3N2. The molecule has 2 aliphatic rings. The summed E-state index contributed by atoms with van der Waals surface area (Å²) in [6, 6.07) is 6.57. The number of halogens is 3. The molecule has 2 nitrogen and oxygen atoms in total. The molecule has 5 heteroatoms. The van der Waals surface area contributed by atoms with Gasteiger partial charge in [0, 0.05) is 25.2 Å².